The summed E-state index contributed by atoms with van der Waals surface area (Å²) >= 11 is 0. The molecular formula is C24H25FN2O3. The predicted octanol–water partition coefficient (Wildman–Crippen LogP) is 4.49. The van der Waals surface area contributed by atoms with Crippen LogP contribution < -0.4 is 10.6 Å². The van der Waals surface area contributed by atoms with Crippen molar-refractivity contribution < 1.29 is 18.4 Å². The van der Waals surface area contributed by atoms with Crippen molar-refractivity contribution in [1.29, 1.82) is 0 Å². The number of benzene rings is 2. The molecule has 1 aliphatic rings. The Kier molecular flexibility index (Phi) is 5.84. The Balaban J connectivity index is 1.27. The molecule has 2 amide bonds. The summed E-state index contributed by atoms with van der Waals surface area (Å²) in [7, 11) is 0. The average molecular weight is 408 g/mol. The van der Waals surface area contributed by atoms with Gasteiger partial charge >= 0.3 is 0 Å². The fourth-order valence-corrected chi connectivity index (χ4v) is 4.05. The van der Waals surface area contributed by atoms with Crippen molar-refractivity contribution >= 4 is 22.8 Å². The van der Waals surface area contributed by atoms with E-state index in [2.05, 4.69) is 10.6 Å². The molecule has 1 aliphatic carbocycles. The molecule has 0 aliphatic heterocycles. The molecule has 30 heavy (non-hydrogen) atoms. The number of carbonyl (C=O) groups excluding carboxylic acids is 2. The normalized spacial score (nSPS) is 18.9. The number of halogens is 1. The minimum Gasteiger partial charge on any atom is -0.461 e. The van der Waals surface area contributed by atoms with Crippen LogP contribution in [0.3, 0.4) is 0 Å². The van der Waals surface area contributed by atoms with Gasteiger partial charge in [-0.05, 0) is 62.9 Å². The van der Waals surface area contributed by atoms with Crippen LogP contribution in [0.2, 0.25) is 0 Å². The van der Waals surface area contributed by atoms with Gasteiger partial charge in [0.15, 0.2) is 0 Å². The Labute approximate surface area is 174 Å². The number of fused-ring (bicyclic) bond motifs is 1. The lowest BCUT2D eigenvalue weighted by Gasteiger charge is -2.28. The summed E-state index contributed by atoms with van der Waals surface area (Å²) in [6, 6.07) is 13.8. The van der Waals surface area contributed by atoms with Crippen LogP contribution in [0.25, 0.3) is 11.0 Å². The lowest BCUT2D eigenvalue weighted by molar-refractivity contribution is -0.126. The molecule has 0 bridgehead atoms. The molecule has 1 heterocycles. The first kappa shape index (κ1) is 20.1. The van der Waals surface area contributed by atoms with Crippen LogP contribution in [0.4, 0.5) is 4.39 Å². The summed E-state index contributed by atoms with van der Waals surface area (Å²) in [6.07, 6.45) is 2.90. The van der Waals surface area contributed by atoms with Gasteiger partial charge in [0.05, 0.1) is 0 Å². The first-order valence-corrected chi connectivity index (χ1v) is 10.3. The second-order valence-corrected chi connectivity index (χ2v) is 7.94. The zero-order valence-electron chi connectivity index (χ0n) is 16.9. The maximum absolute atomic E-state index is 13.7. The number of rotatable bonds is 5. The maximum Gasteiger partial charge on any atom is 0.251 e. The number of hydrogen-bond donors (Lipinski definition) is 2. The number of carbonyl (C=O) groups is 2. The van der Waals surface area contributed by atoms with Crippen molar-refractivity contribution in [3.8, 4) is 0 Å². The zero-order valence-corrected chi connectivity index (χ0v) is 16.9. The molecule has 156 valence electrons. The molecule has 6 heteroatoms. The highest BCUT2D eigenvalue weighted by molar-refractivity contribution is 5.98. The van der Waals surface area contributed by atoms with Gasteiger partial charge in [-0.1, -0.05) is 18.2 Å². The Morgan fingerprint density at radius 2 is 1.83 bits per heavy atom. The second-order valence-electron chi connectivity index (χ2n) is 7.94. The maximum atomic E-state index is 13.7. The van der Waals surface area contributed by atoms with Crippen molar-refractivity contribution in [2.24, 2.45) is 5.92 Å². The molecule has 0 spiro atoms. The van der Waals surface area contributed by atoms with Gasteiger partial charge in [-0.25, -0.2) is 4.39 Å². The van der Waals surface area contributed by atoms with E-state index in [0.29, 0.717) is 24.0 Å². The Hall–Kier alpha value is -3.15. The third kappa shape index (κ3) is 4.53. The van der Waals surface area contributed by atoms with Gasteiger partial charge < -0.3 is 15.1 Å². The van der Waals surface area contributed by atoms with E-state index in [1.807, 2.05) is 25.1 Å². The highest BCUT2D eigenvalue weighted by Crippen LogP contribution is 2.25. The van der Waals surface area contributed by atoms with Gasteiger partial charge in [-0.3, -0.25) is 9.59 Å². The molecular weight excluding hydrogens is 383 g/mol. The SMILES string of the molecule is Cc1cc2cc(C(=O)NC3CCC(C(=O)NCc4ccccc4F)CC3)ccc2o1. The monoisotopic (exact) mass is 408 g/mol. The van der Waals surface area contributed by atoms with Crippen molar-refractivity contribution in [2.45, 2.75) is 45.2 Å². The van der Waals surface area contributed by atoms with E-state index in [9.17, 15) is 14.0 Å². The molecule has 1 aromatic heterocycles. The van der Waals surface area contributed by atoms with Crippen molar-refractivity contribution in [3.63, 3.8) is 0 Å². The standard InChI is InChI=1S/C24H25FN2O3/c1-15-12-19-13-17(8-11-22(19)30-15)24(29)27-20-9-6-16(7-10-20)23(28)26-14-18-4-2-3-5-21(18)25/h2-5,8,11-13,16,20H,6-7,9-10,14H2,1H3,(H,26,28)(H,27,29). The van der Waals surface area contributed by atoms with Crippen LogP contribution in [-0.4, -0.2) is 17.9 Å². The number of amides is 2. The fraction of sp³-hybridized carbons (Fsp3) is 0.333. The van der Waals surface area contributed by atoms with Crippen molar-refractivity contribution in [2.75, 3.05) is 0 Å². The van der Waals surface area contributed by atoms with Crippen molar-refractivity contribution in [1.82, 2.24) is 10.6 Å². The van der Waals surface area contributed by atoms with Crippen LogP contribution in [0.15, 0.2) is 52.9 Å². The summed E-state index contributed by atoms with van der Waals surface area (Å²) in [6.45, 7) is 2.07. The summed E-state index contributed by atoms with van der Waals surface area (Å²) in [5.41, 5.74) is 1.86. The van der Waals surface area contributed by atoms with Crippen LogP contribution >= 0.6 is 0 Å². The van der Waals surface area contributed by atoms with Gasteiger partial charge in [0.2, 0.25) is 5.91 Å². The summed E-state index contributed by atoms with van der Waals surface area (Å²) in [5, 5.41) is 6.83. The molecule has 0 unspecified atom stereocenters. The van der Waals surface area contributed by atoms with E-state index < -0.39 is 0 Å². The predicted molar refractivity (Wildman–Crippen MR) is 112 cm³/mol. The molecule has 5 nitrogen and oxygen atoms in total. The molecule has 0 radical (unpaired) electrons. The van der Waals surface area contributed by atoms with Gasteiger partial charge in [-0.2, -0.15) is 0 Å². The third-order valence-electron chi connectivity index (χ3n) is 5.75. The first-order chi connectivity index (χ1) is 14.5. The van der Waals surface area contributed by atoms with Gasteiger partial charge in [0.25, 0.3) is 5.91 Å². The van der Waals surface area contributed by atoms with Crippen LogP contribution in [-0.2, 0) is 11.3 Å². The molecule has 0 atom stereocenters. The molecule has 2 N–H and O–H groups in total. The van der Waals surface area contributed by atoms with E-state index in [0.717, 1.165) is 29.6 Å². The fourth-order valence-electron chi connectivity index (χ4n) is 4.05. The van der Waals surface area contributed by atoms with E-state index in [-0.39, 0.29) is 36.1 Å². The average Bonchev–Trinajstić information content (AvgIpc) is 3.12. The van der Waals surface area contributed by atoms with Gasteiger partial charge in [0, 0.05) is 35.0 Å². The Bertz CT molecular complexity index is 1070. The number of aryl methyl sites for hydroxylation is 1. The van der Waals surface area contributed by atoms with E-state index in [4.69, 9.17) is 4.42 Å². The second kappa shape index (κ2) is 8.69. The van der Waals surface area contributed by atoms with Crippen molar-refractivity contribution in [3.05, 3.63) is 71.2 Å². The largest absolute Gasteiger partial charge is 0.461 e. The lowest BCUT2D eigenvalue weighted by atomic mass is 9.85. The summed E-state index contributed by atoms with van der Waals surface area (Å²) in [4.78, 5) is 25.0. The summed E-state index contributed by atoms with van der Waals surface area (Å²) < 4.78 is 19.2. The number of hydrogen-bond acceptors (Lipinski definition) is 3. The topological polar surface area (TPSA) is 71.3 Å². The van der Waals surface area contributed by atoms with Gasteiger partial charge in [0.1, 0.15) is 17.2 Å². The lowest BCUT2D eigenvalue weighted by Crippen LogP contribution is -2.40. The number of furan rings is 1. The van der Waals surface area contributed by atoms with E-state index in [1.54, 1.807) is 24.3 Å². The molecule has 0 saturated heterocycles. The van der Waals surface area contributed by atoms with E-state index >= 15 is 0 Å². The molecule has 3 aromatic rings. The minimum absolute atomic E-state index is 0.0508. The third-order valence-corrected chi connectivity index (χ3v) is 5.75. The quantitative estimate of drug-likeness (QED) is 0.654. The Morgan fingerprint density at radius 1 is 1.07 bits per heavy atom. The van der Waals surface area contributed by atoms with Crippen LogP contribution in [0.5, 0.6) is 0 Å². The highest BCUT2D eigenvalue weighted by Gasteiger charge is 2.27. The highest BCUT2D eigenvalue weighted by atomic mass is 19.1. The molecule has 1 saturated carbocycles. The van der Waals surface area contributed by atoms with E-state index in [1.165, 1.54) is 6.07 Å². The first-order valence-electron chi connectivity index (χ1n) is 10.3. The van der Waals surface area contributed by atoms with Crippen LogP contribution in [0.1, 0.15) is 47.4 Å². The molecule has 1 fully saturated rings. The zero-order chi connectivity index (χ0) is 21.1. The van der Waals surface area contributed by atoms with Gasteiger partial charge in [-0.15, -0.1) is 0 Å². The molecule has 2 aromatic carbocycles. The van der Waals surface area contributed by atoms with Crippen LogP contribution in [0, 0.1) is 18.7 Å². The Morgan fingerprint density at radius 3 is 2.60 bits per heavy atom. The summed E-state index contributed by atoms with van der Waals surface area (Å²) in [5.74, 6) is 0.240. The molecule has 4 rings (SSSR count). The number of nitrogens with one attached hydrogen (secondary N) is 2. The minimum atomic E-state index is -0.312. The smallest absolute Gasteiger partial charge is 0.251 e.